The third-order valence-electron chi connectivity index (χ3n) is 3.32. The molecule has 1 heterocycles. The van der Waals surface area contributed by atoms with E-state index in [1.54, 1.807) is 21.3 Å². The second-order valence-corrected chi connectivity index (χ2v) is 4.97. The predicted octanol–water partition coefficient (Wildman–Crippen LogP) is 3.77. The summed E-state index contributed by atoms with van der Waals surface area (Å²) in [5, 5.41) is 0.926. The van der Waals surface area contributed by atoms with Crippen molar-refractivity contribution in [2.45, 2.75) is 20.3 Å². The number of pyridine rings is 1. The van der Waals surface area contributed by atoms with Gasteiger partial charge in [0.15, 0.2) is 0 Å². The van der Waals surface area contributed by atoms with Crippen molar-refractivity contribution in [1.82, 2.24) is 4.98 Å². The van der Waals surface area contributed by atoms with Crippen molar-refractivity contribution in [3.05, 3.63) is 35.4 Å². The Morgan fingerprint density at radius 1 is 1.10 bits per heavy atom. The fraction of sp³-hybridized carbons (Fsp3) is 0.353. The van der Waals surface area contributed by atoms with Gasteiger partial charge in [-0.05, 0) is 32.4 Å². The van der Waals surface area contributed by atoms with Crippen LogP contribution in [-0.2, 0) is 6.42 Å². The summed E-state index contributed by atoms with van der Waals surface area (Å²) in [6.07, 6.45) is 2.85. The minimum Gasteiger partial charge on any atom is -0.496 e. The summed E-state index contributed by atoms with van der Waals surface area (Å²) in [4.78, 5) is 4.59. The SMILES string of the molecule is COc1nc2c(OC)cccc2c(OC)c1CC=C(C)C. The van der Waals surface area contributed by atoms with Crippen molar-refractivity contribution in [2.24, 2.45) is 0 Å². The van der Waals surface area contributed by atoms with Crippen LogP contribution in [0.5, 0.6) is 17.4 Å². The maximum Gasteiger partial charge on any atom is 0.221 e. The van der Waals surface area contributed by atoms with E-state index in [4.69, 9.17) is 14.2 Å². The molecule has 0 N–H and O–H groups in total. The number of methoxy groups -OCH3 is 3. The number of ether oxygens (including phenoxy) is 3. The van der Waals surface area contributed by atoms with Crippen LogP contribution in [0.3, 0.4) is 0 Å². The first kappa shape index (κ1) is 15.2. The normalized spacial score (nSPS) is 10.3. The fourth-order valence-electron chi connectivity index (χ4n) is 2.30. The Hall–Kier alpha value is -2.23. The standard InChI is InChI=1S/C17H21NO3/c1-11(2)9-10-13-16(20-4)12-7-6-8-14(19-3)15(12)18-17(13)21-5/h6-9H,10H2,1-5H3. The van der Waals surface area contributed by atoms with E-state index in [0.717, 1.165) is 28.6 Å². The average molecular weight is 287 g/mol. The third-order valence-corrected chi connectivity index (χ3v) is 3.32. The van der Waals surface area contributed by atoms with E-state index in [-0.39, 0.29) is 0 Å². The van der Waals surface area contributed by atoms with Crippen LogP contribution in [-0.4, -0.2) is 26.3 Å². The van der Waals surface area contributed by atoms with Gasteiger partial charge in [0.2, 0.25) is 5.88 Å². The maximum atomic E-state index is 5.63. The van der Waals surface area contributed by atoms with Crippen molar-refractivity contribution in [2.75, 3.05) is 21.3 Å². The lowest BCUT2D eigenvalue weighted by Crippen LogP contribution is -2.01. The first-order chi connectivity index (χ1) is 10.1. The molecule has 0 saturated carbocycles. The first-order valence-electron chi connectivity index (χ1n) is 6.83. The highest BCUT2D eigenvalue weighted by molar-refractivity contribution is 5.91. The number of hydrogen-bond donors (Lipinski definition) is 0. The second kappa shape index (κ2) is 6.48. The van der Waals surface area contributed by atoms with Gasteiger partial charge in [-0.25, -0.2) is 4.98 Å². The van der Waals surface area contributed by atoms with Gasteiger partial charge in [0.1, 0.15) is 17.0 Å². The highest BCUT2D eigenvalue weighted by Crippen LogP contribution is 2.38. The zero-order valence-corrected chi connectivity index (χ0v) is 13.2. The minimum absolute atomic E-state index is 0.571. The van der Waals surface area contributed by atoms with Gasteiger partial charge >= 0.3 is 0 Å². The van der Waals surface area contributed by atoms with Crippen LogP contribution in [0.2, 0.25) is 0 Å². The number of aromatic nitrogens is 1. The lowest BCUT2D eigenvalue weighted by Gasteiger charge is -2.15. The number of para-hydroxylation sites is 1. The second-order valence-electron chi connectivity index (χ2n) is 4.97. The van der Waals surface area contributed by atoms with Crippen LogP contribution in [0, 0.1) is 0 Å². The molecule has 0 unspecified atom stereocenters. The van der Waals surface area contributed by atoms with Crippen molar-refractivity contribution in [3.8, 4) is 17.4 Å². The van der Waals surface area contributed by atoms with Gasteiger partial charge in [-0.1, -0.05) is 17.7 Å². The number of fused-ring (bicyclic) bond motifs is 1. The Labute approximate surface area is 125 Å². The number of nitrogens with zero attached hydrogens (tertiary/aromatic N) is 1. The zero-order valence-electron chi connectivity index (χ0n) is 13.2. The minimum atomic E-state index is 0.571. The summed E-state index contributed by atoms with van der Waals surface area (Å²) < 4.78 is 16.5. The molecule has 0 atom stereocenters. The van der Waals surface area contributed by atoms with E-state index in [1.165, 1.54) is 5.57 Å². The smallest absolute Gasteiger partial charge is 0.221 e. The highest BCUT2D eigenvalue weighted by atomic mass is 16.5. The number of rotatable bonds is 5. The quantitative estimate of drug-likeness (QED) is 0.785. The maximum absolute atomic E-state index is 5.63. The molecule has 112 valence electrons. The number of hydrogen-bond acceptors (Lipinski definition) is 4. The molecule has 1 aromatic heterocycles. The molecule has 4 heteroatoms. The van der Waals surface area contributed by atoms with Gasteiger partial charge in [0, 0.05) is 5.39 Å². The molecular weight excluding hydrogens is 266 g/mol. The van der Waals surface area contributed by atoms with Crippen molar-refractivity contribution in [1.29, 1.82) is 0 Å². The third kappa shape index (κ3) is 2.94. The molecule has 0 aliphatic carbocycles. The lowest BCUT2D eigenvalue weighted by atomic mass is 10.1. The van der Waals surface area contributed by atoms with E-state index >= 15 is 0 Å². The molecule has 0 aliphatic rings. The Balaban J connectivity index is 2.75. The van der Waals surface area contributed by atoms with E-state index in [2.05, 4.69) is 24.9 Å². The van der Waals surface area contributed by atoms with Gasteiger partial charge < -0.3 is 14.2 Å². The molecule has 0 aliphatic heterocycles. The molecule has 21 heavy (non-hydrogen) atoms. The van der Waals surface area contributed by atoms with Crippen LogP contribution < -0.4 is 14.2 Å². The van der Waals surface area contributed by atoms with Gasteiger partial charge in [-0.2, -0.15) is 0 Å². The number of allylic oxidation sites excluding steroid dienone is 2. The molecule has 1 aromatic carbocycles. The van der Waals surface area contributed by atoms with Crippen LogP contribution in [0.25, 0.3) is 10.9 Å². The number of benzene rings is 1. The highest BCUT2D eigenvalue weighted by Gasteiger charge is 2.17. The van der Waals surface area contributed by atoms with E-state index in [0.29, 0.717) is 11.6 Å². The van der Waals surface area contributed by atoms with Crippen LogP contribution >= 0.6 is 0 Å². The van der Waals surface area contributed by atoms with Gasteiger partial charge in [0.05, 0.1) is 26.9 Å². The van der Waals surface area contributed by atoms with Gasteiger partial charge in [-0.15, -0.1) is 0 Å². The van der Waals surface area contributed by atoms with Crippen molar-refractivity contribution in [3.63, 3.8) is 0 Å². The van der Waals surface area contributed by atoms with Crippen LogP contribution in [0.4, 0.5) is 0 Å². The van der Waals surface area contributed by atoms with Crippen molar-refractivity contribution >= 4 is 10.9 Å². The Morgan fingerprint density at radius 3 is 2.43 bits per heavy atom. The molecule has 2 rings (SSSR count). The summed E-state index contributed by atoms with van der Waals surface area (Å²) in [6, 6.07) is 5.79. The Morgan fingerprint density at radius 2 is 1.86 bits per heavy atom. The van der Waals surface area contributed by atoms with Crippen molar-refractivity contribution < 1.29 is 14.2 Å². The van der Waals surface area contributed by atoms with Crippen LogP contribution in [0.15, 0.2) is 29.8 Å². The van der Waals surface area contributed by atoms with E-state index in [9.17, 15) is 0 Å². The summed E-state index contributed by atoms with van der Waals surface area (Å²) >= 11 is 0. The topological polar surface area (TPSA) is 40.6 Å². The molecule has 0 spiro atoms. The summed E-state index contributed by atoms with van der Waals surface area (Å²) in [7, 11) is 4.92. The monoisotopic (exact) mass is 287 g/mol. The molecule has 0 saturated heterocycles. The largest absolute Gasteiger partial charge is 0.496 e. The predicted molar refractivity (Wildman–Crippen MR) is 84.5 cm³/mol. The van der Waals surface area contributed by atoms with Crippen LogP contribution in [0.1, 0.15) is 19.4 Å². The van der Waals surface area contributed by atoms with E-state index in [1.807, 2.05) is 18.2 Å². The summed E-state index contributed by atoms with van der Waals surface area (Å²) in [6.45, 7) is 4.13. The average Bonchev–Trinajstić information content (AvgIpc) is 2.50. The Kier molecular flexibility index (Phi) is 4.68. The lowest BCUT2D eigenvalue weighted by molar-refractivity contribution is 0.377. The molecule has 0 fully saturated rings. The molecule has 0 radical (unpaired) electrons. The van der Waals surface area contributed by atoms with Gasteiger partial charge in [0.25, 0.3) is 0 Å². The first-order valence-corrected chi connectivity index (χ1v) is 6.83. The molecule has 0 amide bonds. The summed E-state index contributed by atoms with van der Waals surface area (Å²) in [5.74, 6) is 2.06. The molecular formula is C17H21NO3. The molecule has 0 bridgehead atoms. The zero-order chi connectivity index (χ0) is 15.4. The Bertz CT molecular complexity index is 673. The van der Waals surface area contributed by atoms with E-state index < -0.39 is 0 Å². The molecule has 4 nitrogen and oxygen atoms in total. The van der Waals surface area contributed by atoms with Gasteiger partial charge in [-0.3, -0.25) is 0 Å². The fourth-order valence-corrected chi connectivity index (χ4v) is 2.30. The summed E-state index contributed by atoms with van der Waals surface area (Å²) in [5.41, 5.74) is 2.93. The molecule has 2 aromatic rings.